The van der Waals surface area contributed by atoms with E-state index in [0.717, 1.165) is 5.69 Å². The van der Waals surface area contributed by atoms with Crippen molar-refractivity contribution in [3.8, 4) is 0 Å². The third-order valence-electron chi connectivity index (χ3n) is 2.82. The number of para-hydroxylation sites is 2. The van der Waals surface area contributed by atoms with Gasteiger partial charge in [0.15, 0.2) is 0 Å². The Balaban J connectivity index is 2.38. The van der Waals surface area contributed by atoms with Crippen LogP contribution in [0.15, 0.2) is 47.5 Å². The van der Waals surface area contributed by atoms with Crippen molar-refractivity contribution >= 4 is 27.2 Å². The number of nitrogens with zero attached hydrogens (tertiary/aromatic N) is 2. The number of anilines is 3. The van der Waals surface area contributed by atoms with Gasteiger partial charge in [-0.25, -0.2) is 19.2 Å². The molecule has 0 saturated heterocycles. The maximum Gasteiger partial charge on any atom is 0.262 e. The van der Waals surface area contributed by atoms with E-state index in [9.17, 15) is 8.42 Å². The molecule has 0 atom stereocenters. The van der Waals surface area contributed by atoms with Crippen molar-refractivity contribution in [1.82, 2.24) is 4.98 Å². The summed E-state index contributed by atoms with van der Waals surface area (Å²) >= 11 is 0. The van der Waals surface area contributed by atoms with Crippen molar-refractivity contribution in [2.75, 3.05) is 29.1 Å². The normalized spacial score (nSPS) is 11.0. The molecule has 8 heteroatoms. The van der Waals surface area contributed by atoms with E-state index in [-0.39, 0.29) is 10.7 Å². The smallest absolute Gasteiger partial charge is 0.262 e. The number of pyridine rings is 1. The Bertz CT molecular complexity index is 731. The highest BCUT2D eigenvalue weighted by Crippen LogP contribution is 2.26. The zero-order valence-corrected chi connectivity index (χ0v) is 12.6. The number of rotatable bonds is 5. The fraction of sp³-hybridized carbons (Fsp3) is 0.154. The number of nitrogens with one attached hydrogen (secondary N) is 2. The summed E-state index contributed by atoms with van der Waals surface area (Å²) in [6.07, 6.45) is 1.38. The molecule has 1 aromatic carbocycles. The Morgan fingerprint density at radius 1 is 1.19 bits per heavy atom. The number of hydrogen-bond donors (Lipinski definition) is 3. The van der Waals surface area contributed by atoms with Crippen LogP contribution >= 0.6 is 0 Å². The van der Waals surface area contributed by atoms with E-state index in [2.05, 4.69) is 15.1 Å². The lowest BCUT2D eigenvalue weighted by Crippen LogP contribution is -2.18. The van der Waals surface area contributed by atoms with Crippen molar-refractivity contribution in [1.29, 1.82) is 0 Å². The molecule has 0 unspecified atom stereocenters. The summed E-state index contributed by atoms with van der Waals surface area (Å²) in [6.45, 7) is 0. The van der Waals surface area contributed by atoms with Crippen LogP contribution in [0.4, 0.5) is 17.2 Å². The van der Waals surface area contributed by atoms with Gasteiger partial charge in [0.25, 0.3) is 10.0 Å². The van der Waals surface area contributed by atoms with Gasteiger partial charge in [0.05, 0.1) is 16.3 Å². The van der Waals surface area contributed by atoms with Gasteiger partial charge in [0, 0.05) is 26.4 Å². The number of nitrogen functional groups attached to an aromatic ring is 1. The fourth-order valence-corrected chi connectivity index (χ4v) is 2.90. The number of nitrogens with two attached hydrogens (primary N) is 1. The highest BCUT2D eigenvalue weighted by Gasteiger charge is 2.17. The summed E-state index contributed by atoms with van der Waals surface area (Å²) in [4.78, 5) is 5.80. The van der Waals surface area contributed by atoms with Crippen molar-refractivity contribution < 1.29 is 8.42 Å². The molecule has 0 spiro atoms. The molecule has 1 aromatic heterocycles. The molecule has 0 amide bonds. The van der Waals surface area contributed by atoms with Crippen LogP contribution in [0.1, 0.15) is 0 Å². The molecule has 0 aliphatic heterocycles. The Morgan fingerprint density at radius 3 is 2.57 bits per heavy atom. The first-order valence-electron chi connectivity index (χ1n) is 6.16. The molecule has 2 rings (SSSR count). The van der Waals surface area contributed by atoms with E-state index < -0.39 is 10.0 Å². The Kier molecular flexibility index (Phi) is 4.29. The molecule has 0 fully saturated rings. The molecule has 21 heavy (non-hydrogen) atoms. The molecule has 112 valence electrons. The molecule has 2 aromatic rings. The van der Waals surface area contributed by atoms with Crippen LogP contribution < -0.4 is 20.9 Å². The topological polar surface area (TPSA) is 100 Å². The van der Waals surface area contributed by atoms with Crippen LogP contribution in [-0.2, 0) is 10.0 Å². The monoisotopic (exact) mass is 307 g/mol. The second-order valence-corrected chi connectivity index (χ2v) is 6.22. The molecule has 0 saturated carbocycles. The van der Waals surface area contributed by atoms with E-state index in [1.807, 2.05) is 31.1 Å². The second kappa shape index (κ2) is 5.98. The van der Waals surface area contributed by atoms with Gasteiger partial charge in [-0.1, -0.05) is 12.1 Å². The van der Waals surface area contributed by atoms with Gasteiger partial charge >= 0.3 is 0 Å². The molecule has 0 aliphatic carbocycles. The predicted octanol–water partition coefficient (Wildman–Crippen LogP) is 1.23. The quantitative estimate of drug-likeness (QED) is 0.567. The fourth-order valence-electron chi connectivity index (χ4n) is 1.81. The van der Waals surface area contributed by atoms with Gasteiger partial charge in [-0.3, -0.25) is 4.72 Å². The van der Waals surface area contributed by atoms with E-state index in [0.29, 0.717) is 5.69 Å². The summed E-state index contributed by atoms with van der Waals surface area (Å²) in [5.74, 6) is 5.52. The number of hydrogen-bond acceptors (Lipinski definition) is 6. The van der Waals surface area contributed by atoms with Crippen molar-refractivity contribution in [2.24, 2.45) is 5.84 Å². The molecular formula is C13H17N5O2S. The maximum absolute atomic E-state index is 12.4. The lowest BCUT2D eigenvalue weighted by molar-refractivity contribution is 0.601. The van der Waals surface area contributed by atoms with Crippen LogP contribution in [0, 0.1) is 0 Å². The van der Waals surface area contributed by atoms with Gasteiger partial charge < -0.3 is 10.3 Å². The minimum Gasteiger partial charge on any atom is -0.376 e. The van der Waals surface area contributed by atoms with Gasteiger partial charge in [-0.15, -0.1) is 0 Å². The van der Waals surface area contributed by atoms with Crippen molar-refractivity contribution in [3.63, 3.8) is 0 Å². The van der Waals surface area contributed by atoms with Gasteiger partial charge in [0.2, 0.25) is 0 Å². The highest BCUT2D eigenvalue weighted by atomic mass is 32.2. The molecule has 0 aliphatic rings. The summed E-state index contributed by atoms with van der Waals surface area (Å²) in [5, 5.41) is 0. The Morgan fingerprint density at radius 2 is 1.90 bits per heavy atom. The van der Waals surface area contributed by atoms with Crippen molar-refractivity contribution in [3.05, 3.63) is 42.6 Å². The average molecular weight is 307 g/mol. The Labute approximate surface area is 123 Å². The van der Waals surface area contributed by atoms with E-state index in [4.69, 9.17) is 5.84 Å². The first-order valence-corrected chi connectivity index (χ1v) is 7.64. The van der Waals surface area contributed by atoms with Crippen LogP contribution in [0.25, 0.3) is 0 Å². The molecule has 0 bridgehead atoms. The molecular weight excluding hydrogens is 290 g/mol. The molecule has 1 heterocycles. The molecule has 4 N–H and O–H groups in total. The second-order valence-electron chi connectivity index (χ2n) is 4.54. The lowest BCUT2D eigenvalue weighted by Gasteiger charge is -2.18. The van der Waals surface area contributed by atoms with Crippen LogP contribution in [-0.4, -0.2) is 27.5 Å². The van der Waals surface area contributed by atoms with Crippen LogP contribution in [0.3, 0.4) is 0 Å². The number of aromatic nitrogens is 1. The van der Waals surface area contributed by atoms with Crippen LogP contribution in [0.5, 0.6) is 0 Å². The summed E-state index contributed by atoms with van der Waals surface area (Å²) in [5.41, 5.74) is 3.59. The zero-order chi connectivity index (χ0) is 15.5. The zero-order valence-electron chi connectivity index (χ0n) is 11.7. The summed E-state index contributed by atoms with van der Waals surface area (Å²) in [6, 6.07) is 9.91. The minimum atomic E-state index is -3.71. The van der Waals surface area contributed by atoms with Crippen LogP contribution in [0.2, 0.25) is 0 Å². The minimum absolute atomic E-state index is 0.0824. The molecule has 7 nitrogen and oxygen atoms in total. The third-order valence-corrected chi connectivity index (χ3v) is 4.18. The lowest BCUT2D eigenvalue weighted by atomic mass is 10.2. The van der Waals surface area contributed by atoms with E-state index in [1.54, 1.807) is 12.1 Å². The SMILES string of the molecule is CN(C)c1ccccc1NS(=O)(=O)c1ccnc(NN)c1. The number of sulfonamides is 1. The first kappa shape index (κ1) is 15.1. The van der Waals surface area contributed by atoms with Gasteiger partial charge in [0.1, 0.15) is 5.82 Å². The number of hydrazine groups is 1. The standard InChI is InChI=1S/C13H17N5O2S/c1-18(2)12-6-4-3-5-11(12)17-21(19,20)10-7-8-15-13(9-10)16-14/h3-9,17H,14H2,1-2H3,(H,15,16). The van der Waals surface area contributed by atoms with E-state index in [1.165, 1.54) is 18.3 Å². The Hall–Kier alpha value is -2.32. The maximum atomic E-state index is 12.4. The van der Waals surface area contributed by atoms with Crippen molar-refractivity contribution in [2.45, 2.75) is 4.90 Å². The van der Waals surface area contributed by atoms with E-state index >= 15 is 0 Å². The average Bonchev–Trinajstić information content (AvgIpc) is 2.47. The summed E-state index contributed by atoms with van der Waals surface area (Å²) in [7, 11) is -0.0276. The first-order chi connectivity index (χ1) is 9.94. The van der Waals surface area contributed by atoms with Gasteiger partial charge in [-0.2, -0.15) is 0 Å². The molecule has 0 radical (unpaired) electrons. The summed E-state index contributed by atoms with van der Waals surface area (Å²) < 4.78 is 27.4. The largest absolute Gasteiger partial charge is 0.376 e. The third kappa shape index (κ3) is 3.41. The highest BCUT2D eigenvalue weighted by molar-refractivity contribution is 7.92. The van der Waals surface area contributed by atoms with Gasteiger partial charge in [-0.05, 0) is 18.2 Å². The number of benzene rings is 1. The predicted molar refractivity (Wildman–Crippen MR) is 83.6 cm³/mol.